The summed E-state index contributed by atoms with van der Waals surface area (Å²) in [7, 11) is 0. The molecule has 1 aliphatic rings. The van der Waals surface area contributed by atoms with E-state index in [1.165, 1.54) is 6.42 Å². The predicted molar refractivity (Wildman–Crippen MR) is 80.5 cm³/mol. The van der Waals surface area contributed by atoms with Gasteiger partial charge in [-0.2, -0.15) is 0 Å². The Kier molecular flexibility index (Phi) is 3.81. The minimum atomic E-state index is -0.531. The molecule has 1 aromatic heterocycles. The number of para-hydroxylation sites is 1. The highest BCUT2D eigenvalue weighted by atomic mass is 16.3. The first-order valence-electron chi connectivity index (χ1n) is 7.54. The normalized spacial score (nSPS) is 27.0. The highest BCUT2D eigenvalue weighted by Crippen LogP contribution is 2.31. The van der Waals surface area contributed by atoms with E-state index in [-0.39, 0.29) is 0 Å². The van der Waals surface area contributed by atoms with Crippen LogP contribution in [0.25, 0.3) is 11.0 Å². The topological polar surface area (TPSA) is 45.4 Å². The van der Waals surface area contributed by atoms with E-state index in [9.17, 15) is 5.11 Å². The number of benzene rings is 1. The average molecular weight is 273 g/mol. The maximum atomic E-state index is 10.6. The van der Waals surface area contributed by atoms with E-state index in [4.69, 9.17) is 4.42 Å². The van der Waals surface area contributed by atoms with Gasteiger partial charge in [-0.25, -0.2) is 0 Å². The standard InChI is InChI=1S/C17H23NO2/c1-13-5-4-8-17(19,9-13)12-18-10-14-11-20-16-7-3-2-6-15(14)16/h2-3,6-7,11,13,18-19H,4-5,8-10,12H2,1H3. The fraction of sp³-hybridized carbons (Fsp3) is 0.529. The lowest BCUT2D eigenvalue weighted by atomic mass is 9.79. The molecule has 0 bridgehead atoms. The van der Waals surface area contributed by atoms with Crippen LogP contribution in [0, 0.1) is 5.92 Å². The summed E-state index contributed by atoms with van der Waals surface area (Å²) in [6.07, 6.45) is 6.01. The lowest BCUT2D eigenvalue weighted by molar-refractivity contribution is -0.0119. The third kappa shape index (κ3) is 2.89. The van der Waals surface area contributed by atoms with Gasteiger partial charge in [-0.1, -0.05) is 38.0 Å². The Labute approximate surface area is 120 Å². The molecule has 2 N–H and O–H groups in total. The van der Waals surface area contributed by atoms with Crippen LogP contribution in [0.2, 0.25) is 0 Å². The van der Waals surface area contributed by atoms with Gasteiger partial charge in [0.05, 0.1) is 11.9 Å². The molecular weight excluding hydrogens is 250 g/mol. The zero-order valence-corrected chi connectivity index (χ0v) is 12.1. The van der Waals surface area contributed by atoms with Crippen LogP contribution in [-0.2, 0) is 6.54 Å². The summed E-state index contributed by atoms with van der Waals surface area (Å²) in [5.74, 6) is 0.630. The molecule has 0 aliphatic heterocycles. The first-order chi connectivity index (χ1) is 9.66. The lowest BCUT2D eigenvalue weighted by Crippen LogP contribution is -2.43. The Bertz CT molecular complexity index is 577. The third-order valence-corrected chi connectivity index (χ3v) is 4.40. The van der Waals surface area contributed by atoms with Crippen LogP contribution in [0.15, 0.2) is 34.9 Å². The molecule has 1 aliphatic carbocycles. The molecule has 3 rings (SSSR count). The SMILES string of the molecule is CC1CCCC(O)(CNCc2coc3ccccc23)C1. The summed E-state index contributed by atoms with van der Waals surface area (Å²) in [6, 6.07) is 8.06. The summed E-state index contributed by atoms with van der Waals surface area (Å²) in [6.45, 7) is 3.64. The Balaban J connectivity index is 1.60. The summed E-state index contributed by atoms with van der Waals surface area (Å²) in [4.78, 5) is 0. The first-order valence-corrected chi connectivity index (χ1v) is 7.54. The molecule has 3 heteroatoms. The van der Waals surface area contributed by atoms with E-state index in [0.29, 0.717) is 12.5 Å². The molecule has 2 unspecified atom stereocenters. The van der Waals surface area contributed by atoms with Gasteiger partial charge in [0, 0.05) is 24.0 Å². The van der Waals surface area contributed by atoms with Gasteiger partial charge < -0.3 is 14.8 Å². The van der Waals surface area contributed by atoms with Gasteiger partial charge in [-0.3, -0.25) is 0 Å². The number of rotatable bonds is 4. The quantitative estimate of drug-likeness (QED) is 0.896. The van der Waals surface area contributed by atoms with Crippen molar-refractivity contribution < 1.29 is 9.52 Å². The monoisotopic (exact) mass is 273 g/mol. The molecule has 1 saturated carbocycles. The molecule has 1 fully saturated rings. The molecule has 108 valence electrons. The zero-order valence-electron chi connectivity index (χ0n) is 12.1. The van der Waals surface area contributed by atoms with Crippen LogP contribution in [0.1, 0.15) is 38.2 Å². The van der Waals surface area contributed by atoms with Gasteiger partial charge in [-0.05, 0) is 24.8 Å². The van der Waals surface area contributed by atoms with Crippen molar-refractivity contribution >= 4 is 11.0 Å². The second-order valence-electron chi connectivity index (χ2n) is 6.29. The second kappa shape index (κ2) is 5.58. The van der Waals surface area contributed by atoms with Gasteiger partial charge in [0.1, 0.15) is 5.58 Å². The van der Waals surface area contributed by atoms with Crippen molar-refractivity contribution in [1.29, 1.82) is 0 Å². The molecule has 2 atom stereocenters. The molecule has 0 amide bonds. The van der Waals surface area contributed by atoms with Crippen molar-refractivity contribution in [1.82, 2.24) is 5.32 Å². The van der Waals surface area contributed by atoms with Gasteiger partial charge in [-0.15, -0.1) is 0 Å². The molecule has 3 nitrogen and oxygen atoms in total. The van der Waals surface area contributed by atoms with Crippen LogP contribution in [0.4, 0.5) is 0 Å². The zero-order chi connectivity index (χ0) is 14.0. The number of hydrogen-bond acceptors (Lipinski definition) is 3. The van der Waals surface area contributed by atoms with Crippen LogP contribution < -0.4 is 5.32 Å². The minimum absolute atomic E-state index is 0.531. The summed E-state index contributed by atoms with van der Waals surface area (Å²) >= 11 is 0. The minimum Gasteiger partial charge on any atom is -0.464 e. The lowest BCUT2D eigenvalue weighted by Gasteiger charge is -2.35. The van der Waals surface area contributed by atoms with Crippen molar-refractivity contribution in [3.05, 3.63) is 36.1 Å². The molecular formula is C17H23NO2. The first kappa shape index (κ1) is 13.7. The van der Waals surface area contributed by atoms with Crippen molar-refractivity contribution in [2.45, 2.75) is 44.8 Å². The number of hydrogen-bond donors (Lipinski definition) is 2. The Morgan fingerprint density at radius 2 is 2.25 bits per heavy atom. The summed E-state index contributed by atoms with van der Waals surface area (Å²) in [5, 5.41) is 15.2. The van der Waals surface area contributed by atoms with Gasteiger partial charge in [0.15, 0.2) is 0 Å². The van der Waals surface area contributed by atoms with Crippen molar-refractivity contribution in [2.24, 2.45) is 5.92 Å². The highest BCUT2D eigenvalue weighted by Gasteiger charge is 2.32. The van der Waals surface area contributed by atoms with Crippen molar-refractivity contribution in [2.75, 3.05) is 6.54 Å². The highest BCUT2D eigenvalue weighted by molar-refractivity contribution is 5.80. The van der Waals surface area contributed by atoms with Crippen molar-refractivity contribution in [3.8, 4) is 0 Å². The van der Waals surface area contributed by atoms with E-state index in [1.54, 1.807) is 0 Å². The largest absolute Gasteiger partial charge is 0.464 e. The number of fused-ring (bicyclic) bond motifs is 1. The van der Waals surface area contributed by atoms with Crippen LogP contribution in [0.3, 0.4) is 0 Å². The molecule has 0 spiro atoms. The summed E-state index contributed by atoms with van der Waals surface area (Å²) < 4.78 is 5.53. The van der Waals surface area contributed by atoms with E-state index in [1.807, 2.05) is 24.5 Å². The van der Waals surface area contributed by atoms with Crippen LogP contribution in [-0.4, -0.2) is 17.3 Å². The van der Waals surface area contributed by atoms with E-state index >= 15 is 0 Å². The third-order valence-electron chi connectivity index (χ3n) is 4.40. The van der Waals surface area contributed by atoms with E-state index < -0.39 is 5.60 Å². The second-order valence-corrected chi connectivity index (χ2v) is 6.29. The van der Waals surface area contributed by atoms with Gasteiger partial charge >= 0.3 is 0 Å². The van der Waals surface area contributed by atoms with E-state index in [0.717, 1.165) is 42.3 Å². The fourth-order valence-corrected chi connectivity index (χ4v) is 3.39. The Morgan fingerprint density at radius 3 is 3.10 bits per heavy atom. The maximum Gasteiger partial charge on any atom is 0.134 e. The molecule has 1 heterocycles. The molecule has 1 aromatic carbocycles. The van der Waals surface area contributed by atoms with Crippen LogP contribution >= 0.6 is 0 Å². The Morgan fingerprint density at radius 1 is 1.40 bits per heavy atom. The Hall–Kier alpha value is -1.32. The summed E-state index contributed by atoms with van der Waals surface area (Å²) in [5.41, 5.74) is 1.55. The van der Waals surface area contributed by atoms with Crippen LogP contribution in [0.5, 0.6) is 0 Å². The molecule has 2 aromatic rings. The smallest absolute Gasteiger partial charge is 0.134 e. The number of furan rings is 1. The number of nitrogens with one attached hydrogen (secondary N) is 1. The van der Waals surface area contributed by atoms with Crippen molar-refractivity contribution in [3.63, 3.8) is 0 Å². The average Bonchev–Trinajstić information content (AvgIpc) is 2.82. The number of aliphatic hydroxyl groups is 1. The van der Waals surface area contributed by atoms with E-state index in [2.05, 4.69) is 18.3 Å². The molecule has 20 heavy (non-hydrogen) atoms. The molecule has 0 saturated heterocycles. The maximum absolute atomic E-state index is 10.6. The van der Waals surface area contributed by atoms with Gasteiger partial charge in [0.2, 0.25) is 0 Å². The fourth-order valence-electron chi connectivity index (χ4n) is 3.39. The van der Waals surface area contributed by atoms with Gasteiger partial charge in [0.25, 0.3) is 0 Å². The predicted octanol–water partition coefficient (Wildman–Crippen LogP) is 3.46. The molecule has 0 radical (unpaired) electrons.